The molecule has 1 N–H and O–H groups in total. The molecule has 2 aromatic carbocycles. The summed E-state index contributed by atoms with van der Waals surface area (Å²) in [4.78, 5) is 12.6. The topological polar surface area (TPSA) is 47.2 Å². The molecule has 40 heavy (non-hydrogen) atoms. The van der Waals surface area contributed by atoms with Gasteiger partial charge >= 0.3 is 35.8 Å². The average molecular weight is 616 g/mol. The lowest BCUT2D eigenvalue weighted by molar-refractivity contribution is -0.440. The molecule has 0 atom stereocenters. The van der Waals surface area contributed by atoms with Gasteiger partial charge in [0.15, 0.2) is 5.58 Å². The summed E-state index contributed by atoms with van der Waals surface area (Å²) < 4.78 is 178. The van der Waals surface area contributed by atoms with Crippen LogP contribution in [0, 0.1) is 4.84 Å². The van der Waals surface area contributed by atoms with E-state index in [2.05, 4.69) is 0 Å². The first-order valence-corrected chi connectivity index (χ1v) is 11.0. The Morgan fingerprint density at radius 3 is 1.82 bits per heavy atom. The van der Waals surface area contributed by atoms with Crippen molar-refractivity contribution < 1.29 is 66.3 Å². The second-order valence-corrected chi connectivity index (χ2v) is 8.58. The summed E-state index contributed by atoms with van der Waals surface area (Å²) in [5.41, 5.74) is 0.357. The van der Waals surface area contributed by atoms with Crippen molar-refractivity contribution >= 4 is 34.9 Å². The van der Waals surface area contributed by atoms with E-state index < -0.39 is 54.7 Å². The van der Waals surface area contributed by atoms with E-state index >= 15 is 0 Å². The smallest absolute Gasteiger partial charge is 0.429 e. The van der Waals surface area contributed by atoms with Crippen LogP contribution < -0.4 is 5.32 Å². The predicted molar refractivity (Wildman–Crippen MR) is 115 cm³/mol. The van der Waals surface area contributed by atoms with Crippen molar-refractivity contribution in [1.82, 2.24) is 4.57 Å². The van der Waals surface area contributed by atoms with Crippen molar-refractivity contribution in [3.63, 3.8) is 0 Å². The maximum atomic E-state index is 13.9. The number of carbonyl (C=O) groups is 1. The molecule has 0 aliphatic heterocycles. The van der Waals surface area contributed by atoms with Crippen LogP contribution in [0.4, 0.5) is 62.8 Å². The Hall–Kier alpha value is -3.31. The molecule has 3 aromatic rings. The molecule has 1 aromatic heterocycles. The number of alkyl halides is 13. The Bertz CT molecular complexity index is 1440. The molecule has 0 aliphatic carbocycles. The van der Waals surface area contributed by atoms with E-state index in [0.29, 0.717) is 5.52 Å². The summed E-state index contributed by atoms with van der Waals surface area (Å²) >= 11 is 5.00. The van der Waals surface area contributed by atoms with Crippen LogP contribution in [0.3, 0.4) is 0 Å². The fourth-order valence-corrected chi connectivity index (χ4v) is 3.61. The molecular weight excluding hydrogens is 603 g/mol. The van der Waals surface area contributed by atoms with Crippen molar-refractivity contribution in [3.05, 3.63) is 58.9 Å². The number of para-hydroxylation sites is 2. The molecule has 0 saturated carbocycles. The third-order valence-corrected chi connectivity index (χ3v) is 5.85. The second kappa shape index (κ2) is 9.95. The SMILES string of the molecule is O=C(c1ccc(NCCC(F)(F)C(F)(F)C(F)(F)C(F)(F)C(F)(F)C(F)(F)F)cc1)n1c(=S)oc2ccccc21. The zero-order chi connectivity index (χ0) is 30.5. The molecule has 0 amide bonds. The minimum Gasteiger partial charge on any atom is -0.429 e. The molecule has 1 heterocycles. The summed E-state index contributed by atoms with van der Waals surface area (Å²) in [5.74, 6) is -37.8. The van der Waals surface area contributed by atoms with Crippen molar-refractivity contribution in [1.29, 1.82) is 0 Å². The molecule has 0 saturated heterocycles. The summed E-state index contributed by atoms with van der Waals surface area (Å²) in [6.07, 6.45) is -9.86. The summed E-state index contributed by atoms with van der Waals surface area (Å²) in [6, 6.07) is 10.5. The van der Waals surface area contributed by atoms with Gasteiger partial charge in [-0.3, -0.25) is 4.79 Å². The van der Waals surface area contributed by atoms with Gasteiger partial charge in [-0.15, -0.1) is 0 Å². The molecule has 0 fully saturated rings. The van der Waals surface area contributed by atoms with E-state index in [9.17, 15) is 61.9 Å². The van der Waals surface area contributed by atoms with Gasteiger partial charge in [-0.05, 0) is 48.6 Å². The Morgan fingerprint density at radius 2 is 1.27 bits per heavy atom. The van der Waals surface area contributed by atoms with Crippen LogP contribution in [-0.2, 0) is 0 Å². The van der Waals surface area contributed by atoms with Crippen molar-refractivity contribution in [2.24, 2.45) is 0 Å². The number of oxazole rings is 1. The zero-order valence-electron chi connectivity index (χ0n) is 19.1. The Balaban J connectivity index is 1.73. The van der Waals surface area contributed by atoms with Crippen LogP contribution in [-0.4, -0.2) is 52.8 Å². The first kappa shape index (κ1) is 31.2. The van der Waals surface area contributed by atoms with E-state index in [1.165, 1.54) is 12.1 Å². The predicted octanol–water partition coefficient (Wildman–Crippen LogP) is 8.19. The number of benzene rings is 2. The molecular formula is C22H13F13N2O2S. The minimum absolute atomic E-state index is 0.0440. The van der Waals surface area contributed by atoms with Crippen molar-refractivity contribution in [2.45, 2.75) is 42.2 Å². The molecule has 0 aliphatic rings. The van der Waals surface area contributed by atoms with Crippen molar-refractivity contribution in [3.8, 4) is 0 Å². The van der Waals surface area contributed by atoms with Crippen LogP contribution in [0.15, 0.2) is 52.9 Å². The lowest BCUT2D eigenvalue weighted by atomic mass is 9.92. The molecule has 0 bridgehead atoms. The normalized spacial score (nSPS) is 14.0. The standard InChI is InChI=1S/C22H13F13N2O2S/c23-17(24,18(25,26)19(27,28)20(29,30)21(31,32)22(33,34)35)9-10-36-12-7-5-11(6-8-12)15(38)37-13-3-1-2-4-14(13)39-16(37)40/h1-8,36H,9-10H2. The summed E-state index contributed by atoms with van der Waals surface area (Å²) in [5, 5.41) is 2.03. The maximum Gasteiger partial charge on any atom is 0.460 e. The quantitative estimate of drug-likeness (QED) is 0.195. The molecule has 0 radical (unpaired) electrons. The Labute approximate surface area is 219 Å². The second-order valence-electron chi connectivity index (χ2n) is 8.23. The lowest BCUT2D eigenvalue weighted by Crippen LogP contribution is -2.70. The first-order valence-electron chi connectivity index (χ1n) is 10.5. The largest absolute Gasteiger partial charge is 0.460 e. The third-order valence-electron chi connectivity index (χ3n) is 5.59. The Kier molecular flexibility index (Phi) is 7.77. The fraction of sp³-hybridized carbons (Fsp3) is 0.364. The van der Waals surface area contributed by atoms with E-state index in [0.717, 1.165) is 28.8 Å². The Morgan fingerprint density at radius 1 is 0.750 bits per heavy atom. The minimum atomic E-state index is -7.94. The van der Waals surface area contributed by atoms with Gasteiger partial charge in [0.2, 0.25) is 0 Å². The third kappa shape index (κ3) is 4.89. The van der Waals surface area contributed by atoms with Gasteiger partial charge in [0.05, 0.1) is 5.52 Å². The number of fused-ring (bicyclic) bond motifs is 1. The molecule has 3 rings (SSSR count). The van der Waals surface area contributed by atoms with Gasteiger partial charge in [-0.1, -0.05) is 12.1 Å². The maximum absolute atomic E-state index is 13.9. The number of carbonyl (C=O) groups excluding carboxylic acids is 1. The molecule has 4 nitrogen and oxygen atoms in total. The van der Waals surface area contributed by atoms with E-state index in [1.807, 2.05) is 5.32 Å². The lowest BCUT2D eigenvalue weighted by Gasteiger charge is -2.39. The van der Waals surface area contributed by atoms with E-state index in [-0.39, 0.29) is 21.7 Å². The number of nitrogens with zero attached hydrogens (tertiary/aromatic N) is 1. The summed E-state index contributed by atoms with van der Waals surface area (Å²) in [7, 11) is 0. The highest BCUT2D eigenvalue weighted by atomic mass is 32.1. The monoisotopic (exact) mass is 616 g/mol. The first-order chi connectivity index (χ1) is 18.1. The number of anilines is 1. The van der Waals surface area contributed by atoms with Gasteiger partial charge in [-0.25, -0.2) is 4.57 Å². The van der Waals surface area contributed by atoms with Gasteiger partial charge < -0.3 is 9.73 Å². The molecule has 18 heteroatoms. The van der Waals surface area contributed by atoms with Gasteiger partial charge in [0, 0.05) is 24.2 Å². The number of hydrogen-bond acceptors (Lipinski definition) is 4. The number of aromatic nitrogens is 1. The fourth-order valence-electron chi connectivity index (χ4n) is 3.34. The van der Waals surface area contributed by atoms with Crippen LogP contribution in [0.5, 0.6) is 0 Å². The highest BCUT2D eigenvalue weighted by molar-refractivity contribution is 7.71. The van der Waals surface area contributed by atoms with Gasteiger partial charge in [0.25, 0.3) is 10.7 Å². The van der Waals surface area contributed by atoms with Crippen molar-refractivity contribution in [2.75, 3.05) is 11.9 Å². The van der Waals surface area contributed by atoms with Crippen LogP contribution >= 0.6 is 12.2 Å². The number of nitrogens with one attached hydrogen (secondary N) is 1. The summed E-state index contributed by atoms with van der Waals surface area (Å²) in [6.45, 7) is -1.37. The molecule has 220 valence electrons. The van der Waals surface area contributed by atoms with E-state index in [4.69, 9.17) is 16.6 Å². The zero-order valence-corrected chi connectivity index (χ0v) is 19.9. The van der Waals surface area contributed by atoms with Crippen LogP contribution in [0.1, 0.15) is 16.8 Å². The van der Waals surface area contributed by atoms with Gasteiger partial charge in [-0.2, -0.15) is 57.1 Å². The van der Waals surface area contributed by atoms with E-state index in [1.54, 1.807) is 12.1 Å². The van der Waals surface area contributed by atoms with Crippen LogP contribution in [0.25, 0.3) is 11.1 Å². The van der Waals surface area contributed by atoms with Crippen LogP contribution in [0.2, 0.25) is 0 Å². The highest BCUT2D eigenvalue weighted by Gasteiger charge is 2.90. The highest BCUT2D eigenvalue weighted by Crippen LogP contribution is 2.60. The average Bonchev–Trinajstić information content (AvgIpc) is 3.18. The number of halogens is 13. The molecule has 0 unspecified atom stereocenters. The van der Waals surface area contributed by atoms with Gasteiger partial charge in [0.1, 0.15) is 0 Å². The number of hydrogen-bond donors (Lipinski definition) is 1. The molecule has 0 spiro atoms. The number of rotatable bonds is 9.